The van der Waals surface area contributed by atoms with E-state index >= 15 is 0 Å². The van der Waals surface area contributed by atoms with Crippen LogP contribution >= 0.6 is 0 Å². The monoisotopic (exact) mass is 172 g/mol. The van der Waals surface area contributed by atoms with Gasteiger partial charge in [-0.3, -0.25) is 15.0 Å². The molecule has 0 spiro atoms. The Balaban J connectivity index is 2.52. The van der Waals surface area contributed by atoms with Crippen LogP contribution in [0.5, 0.6) is 0 Å². The predicted molar refractivity (Wildman–Crippen MR) is 40.9 cm³/mol. The van der Waals surface area contributed by atoms with Crippen molar-refractivity contribution in [1.29, 1.82) is 0 Å². The first-order valence-electron chi connectivity index (χ1n) is 3.83. The molecule has 1 heterocycles. The highest BCUT2D eigenvalue weighted by molar-refractivity contribution is 5.99. The Labute approximate surface area is 70.6 Å². The van der Waals surface area contributed by atoms with Crippen LogP contribution in [0.4, 0.5) is 0 Å². The third-order valence-electron chi connectivity index (χ3n) is 1.65. The van der Waals surface area contributed by atoms with Gasteiger partial charge in [-0.05, 0) is 6.92 Å². The summed E-state index contributed by atoms with van der Waals surface area (Å²) in [6.07, 6.45) is 0. The highest BCUT2D eigenvalue weighted by atomic mass is 16.5. The molecule has 1 aliphatic heterocycles. The maximum absolute atomic E-state index is 11.1. The number of hydrogen-bond donors (Lipinski definition) is 1. The van der Waals surface area contributed by atoms with Gasteiger partial charge in [0.15, 0.2) is 5.92 Å². The van der Waals surface area contributed by atoms with E-state index in [1.807, 2.05) is 0 Å². The fourth-order valence-corrected chi connectivity index (χ4v) is 1.09. The Bertz CT molecular complexity index is 205. The Hall–Kier alpha value is -1.10. The van der Waals surface area contributed by atoms with E-state index in [1.54, 1.807) is 19.0 Å². The largest absolute Gasteiger partial charge is 0.465 e. The molecule has 5 heteroatoms. The van der Waals surface area contributed by atoms with Crippen molar-refractivity contribution in [3.63, 3.8) is 0 Å². The van der Waals surface area contributed by atoms with Gasteiger partial charge in [0.25, 0.3) is 0 Å². The maximum Gasteiger partial charge on any atom is 0.319 e. The standard InChI is InChI=1S/C7H12N2O3/c1-3-12-7(11)5-4-9(2)8-6(5)10/h5H,3-4H2,1-2H3,(H,8,10). The topological polar surface area (TPSA) is 58.6 Å². The number of hydrogen-bond acceptors (Lipinski definition) is 4. The summed E-state index contributed by atoms with van der Waals surface area (Å²) >= 11 is 0. The van der Waals surface area contributed by atoms with E-state index in [2.05, 4.69) is 5.43 Å². The first-order chi connectivity index (χ1) is 5.65. The minimum absolute atomic E-state index is 0.282. The summed E-state index contributed by atoms with van der Waals surface area (Å²) in [7, 11) is 1.71. The van der Waals surface area contributed by atoms with Gasteiger partial charge in [0.2, 0.25) is 5.91 Å². The zero-order valence-corrected chi connectivity index (χ0v) is 7.16. The predicted octanol–water partition coefficient (Wildman–Crippen LogP) is -0.858. The molecular weight excluding hydrogens is 160 g/mol. The zero-order chi connectivity index (χ0) is 9.14. The number of hydrazine groups is 1. The lowest BCUT2D eigenvalue weighted by Crippen LogP contribution is -2.30. The molecule has 1 atom stereocenters. The zero-order valence-electron chi connectivity index (χ0n) is 7.16. The molecule has 0 saturated carbocycles. The van der Waals surface area contributed by atoms with Gasteiger partial charge < -0.3 is 4.74 Å². The van der Waals surface area contributed by atoms with Crippen LogP contribution in [-0.4, -0.2) is 37.1 Å². The van der Waals surface area contributed by atoms with Crippen molar-refractivity contribution in [2.45, 2.75) is 6.92 Å². The van der Waals surface area contributed by atoms with E-state index in [1.165, 1.54) is 0 Å². The van der Waals surface area contributed by atoms with Crippen molar-refractivity contribution in [2.75, 3.05) is 20.2 Å². The number of carbonyl (C=O) groups is 2. The second-order valence-corrected chi connectivity index (χ2v) is 2.66. The summed E-state index contributed by atoms with van der Waals surface area (Å²) in [5, 5.41) is 1.57. The van der Waals surface area contributed by atoms with Crippen LogP contribution in [0, 0.1) is 5.92 Å². The van der Waals surface area contributed by atoms with Gasteiger partial charge >= 0.3 is 5.97 Å². The number of ether oxygens (including phenoxy) is 1. The summed E-state index contributed by atoms with van der Waals surface area (Å²) in [6.45, 7) is 2.42. The van der Waals surface area contributed by atoms with Gasteiger partial charge in [-0.1, -0.05) is 0 Å². The molecule has 1 amide bonds. The first-order valence-corrected chi connectivity index (χ1v) is 3.83. The lowest BCUT2D eigenvalue weighted by atomic mass is 10.1. The summed E-state index contributed by atoms with van der Waals surface area (Å²) < 4.78 is 4.72. The van der Waals surface area contributed by atoms with Gasteiger partial charge in [-0.25, -0.2) is 5.01 Å². The summed E-state index contributed by atoms with van der Waals surface area (Å²) in [4.78, 5) is 22.1. The summed E-state index contributed by atoms with van der Waals surface area (Å²) in [6, 6.07) is 0. The quantitative estimate of drug-likeness (QED) is 0.435. The van der Waals surface area contributed by atoms with Crippen molar-refractivity contribution in [3.05, 3.63) is 0 Å². The van der Waals surface area contributed by atoms with E-state index in [-0.39, 0.29) is 5.91 Å². The highest BCUT2D eigenvalue weighted by Gasteiger charge is 2.35. The molecule has 0 aromatic carbocycles. The molecule has 0 aromatic rings. The van der Waals surface area contributed by atoms with Crippen LogP contribution in [0.2, 0.25) is 0 Å². The fraction of sp³-hybridized carbons (Fsp3) is 0.714. The number of nitrogens with one attached hydrogen (secondary N) is 1. The normalized spacial score (nSPS) is 23.8. The van der Waals surface area contributed by atoms with Crippen molar-refractivity contribution in [3.8, 4) is 0 Å². The van der Waals surface area contributed by atoms with Crippen LogP contribution in [0.1, 0.15) is 6.92 Å². The molecule has 1 saturated heterocycles. The molecule has 0 aliphatic carbocycles. The van der Waals surface area contributed by atoms with Gasteiger partial charge in [0.05, 0.1) is 6.61 Å². The molecule has 1 N–H and O–H groups in total. The first kappa shape index (κ1) is 8.99. The van der Waals surface area contributed by atoms with Gasteiger partial charge in [-0.15, -0.1) is 0 Å². The molecule has 68 valence electrons. The Kier molecular flexibility index (Phi) is 2.65. The van der Waals surface area contributed by atoms with E-state index < -0.39 is 11.9 Å². The SMILES string of the molecule is CCOC(=O)C1CN(C)NC1=O. The molecule has 1 unspecified atom stereocenters. The van der Waals surface area contributed by atoms with E-state index in [4.69, 9.17) is 4.74 Å². The molecule has 0 bridgehead atoms. The minimum atomic E-state index is -0.657. The number of amides is 1. The third kappa shape index (κ3) is 1.73. The van der Waals surface area contributed by atoms with E-state index in [9.17, 15) is 9.59 Å². The molecule has 5 nitrogen and oxygen atoms in total. The van der Waals surface area contributed by atoms with Crippen LogP contribution in [0.3, 0.4) is 0 Å². The lowest BCUT2D eigenvalue weighted by Gasteiger charge is -2.05. The lowest BCUT2D eigenvalue weighted by molar-refractivity contribution is -0.150. The molecule has 0 radical (unpaired) electrons. The van der Waals surface area contributed by atoms with E-state index in [0.29, 0.717) is 13.2 Å². The van der Waals surface area contributed by atoms with Crippen molar-refractivity contribution >= 4 is 11.9 Å². The number of carbonyl (C=O) groups excluding carboxylic acids is 2. The smallest absolute Gasteiger partial charge is 0.319 e. The maximum atomic E-state index is 11.1. The average Bonchev–Trinajstić information content (AvgIpc) is 2.30. The Morgan fingerprint density at radius 2 is 2.50 bits per heavy atom. The Morgan fingerprint density at radius 3 is 2.92 bits per heavy atom. The van der Waals surface area contributed by atoms with Crippen molar-refractivity contribution < 1.29 is 14.3 Å². The number of rotatable bonds is 2. The van der Waals surface area contributed by atoms with Crippen LogP contribution in [0.15, 0.2) is 0 Å². The van der Waals surface area contributed by atoms with Crippen LogP contribution < -0.4 is 5.43 Å². The molecule has 12 heavy (non-hydrogen) atoms. The molecule has 1 aliphatic rings. The molecule has 0 aromatic heterocycles. The van der Waals surface area contributed by atoms with E-state index in [0.717, 1.165) is 0 Å². The second kappa shape index (κ2) is 3.53. The fourth-order valence-electron chi connectivity index (χ4n) is 1.09. The molecular formula is C7H12N2O3. The van der Waals surface area contributed by atoms with Crippen molar-refractivity contribution in [1.82, 2.24) is 10.4 Å². The molecule has 1 rings (SSSR count). The van der Waals surface area contributed by atoms with Gasteiger partial charge in [0.1, 0.15) is 0 Å². The van der Waals surface area contributed by atoms with Gasteiger partial charge in [0, 0.05) is 13.6 Å². The minimum Gasteiger partial charge on any atom is -0.465 e. The third-order valence-corrected chi connectivity index (χ3v) is 1.65. The molecule has 1 fully saturated rings. The Morgan fingerprint density at radius 1 is 1.83 bits per heavy atom. The number of nitrogens with zero attached hydrogens (tertiary/aromatic N) is 1. The summed E-state index contributed by atoms with van der Waals surface area (Å²) in [5.41, 5.74) is 2.50. The second-order valence-electron chi connectivity index (χ2n) is 2.66. The number of esters is 1. The van der Waals surface area contributed by atoms with Gasteiger partial charge in [-0.2, -0.15) is 0 Å². The van der Waals surface area contributed by atoms with Crippen LogP contribution in [0.25, 0.3) is 0 Å². The summed E-state index contributed by atoms with van der Waals surface area (Å²) in [5.74, 6) is -1.38. The van der Waals surface area contributed by atoms with Crippen LogP contribution in [-0.2, 0) is 14.3 Å². The highest BCUT2D eigenvalue weighted by Crippen LogP contribution is 2.07. The van der Waals surface area contributed by atoms with Crippen molar-refractivity contribution in [2.24, 2.45) is 5.92 Å². The average molecular weight is 172 g/mol.